The molecule has 0 aliphatic rings. The highest BCUT2D eigenvalue weighted by molar-refractivity contribution is 5.07. The van der Waals surface area contributed by atoms with Gasteiger partial charge in [0.15, 0.2) is 0 Å². The molecular formula is C6H2F12O2. The van der Waals surface area contributed by atoms with Crippen molar-refractivity contribution in [2.24, 2.45) is 0 Å². The molecular weight excluding hydrogens is 332 g/mol. The molecule has 0 radical (unpaired) electrons. The zero-order valence-corrected chi connectivity index (χ0v) is 8.43. The SMILES string of the molecule is OC(F)(F)C(O)(F)C(F)(F)C(F)(F)C(F)(F)C(F)(F)F. The summed E-state index contributed by atoms with van der Waals surface area (Å²) >= 11 is 0. The Morgan fingerprint density at radius 3 is 0.950 bits per heavy atom. The van der Waals surface area contributed by atoms with E-state index in [2.05, 4.69) is 0 Å². The van der Waals surface area contributed by atoms with Crippen LogP contribution in [0.2, 0.25) is 0 Å². The predicted molar refractivity (Wildman–Crippen MR) is 34.1 cm³/mol. The van der Waals surface area contributed by atoms with Crippen molar-refractivity contribution in [2.75, 3.05) is 0 Å². The first-order chi connectivity index (χ1) is 8.25. The van der Waals surface area contributed by atoms with E-state index in [1.165, 1.54) is 0 Å². The van der Waals surface area contributed by atoms with Gasteiger partial charge in [-0.1, -0.05) is 0 Å². The molecule has 0 spiro atoms. The molecule has 1 atom stereocenters. The van der Waals surface area contributed by atoms with Gasteiger partial charge < -0.3 is 10.2 Å². The first-order valence-corrected chi connectivity index (χ1v) is 3.97. The second-order valence-electron chi connectivity index (χ2n) is 3.38. The smallest absolute Gasteiger partial charge is 0.350 e. The quantitative estimate of drug-likeness (QED) is 0.776. The predicted octanol–water partition coefficient (Wildman–Crippen LogP) is 2.70. The van der Waals surface area contributed by atoms with Gasteiger partial charge in [0.05, 0.1) is 0 Å². The summed E-state index contributed by atoms with van der Waals surface area (Å²) in [4.78, 5) is 0. The lowest BCUT2D eigenvalue weighted by Gasteiger charge is -2.39. The summed E-state index contributed by atoms with van der Waals surface area (Å²) < 4.78 is 145. The number of rotatable bonds is 4. The van der Waals surface area contributed by atoms with Crippen LogP contribution in [-0.4, -0.2) is 46.1 Å². The fourth-order valence-corrected chi connectivity index (χ4v) is 0.772. The van der Waals surface area contributed by atoms with E-state index in [0.29, 0.717) is 0 Å². The molecule has 0 aromatic heterocycles. The van der Waals surface area contributed by atoms with Crippen LogP contribution in [0.25, 0.3) is 0 Å². The van der Waals surface area contributed by atoms with Gasteiger partial charge in [-0.25, -0.2) is 0 Å². The van der Waals surface area contributed by atoms with Crippen molar-refractivity contribution in [3.05, 3.63) is 0 Å². The summed E-state index contributed by atoms with van der Waals surface area (Å²) in [7, 11) is 0. The molecule has 0 heterocycles. The summed E-state index contributed by atoms with van der Waals surface area (Å²) in [6.45, 7) is 0. The van der Waals surface area contributed by atoms with E-state index < -0.39 is 35.9 Å². The average molecular weight is 334 g/mol. The van der Waals surface area contributed by atoms with E-state index in [9.17, 15) is 52.7 Å². The Labute approximate surface area is 100 Å². The maximum atomic E-state index is 12.5. The Morgan fingerprint density at radius 2 is 0.750 bits per heavy atom. The maximum absolute atomic E-state index is 12.5. The number of aliphatic hydroxyl groups is 2. The van der Waals surface area contributed by atoms with Crippen LogP contribution >= 0.6 is 0 Å². The molecule has 0 aliphatic heterocycles. The second-order valence-corrected chi connectivity index (χ2v) is 3.38. The molecule has 0 aromatic carbocycles. The Balaban J connectivity index is 6.08. The second kappa shape index (κ2) is 4.29. The van der Waals surface area contributed by atoms with E-state index in [1.54, 1.807) is 0 Å². The summed E-state index contributed by atoms with van der Waals surface area (Å²) in [5.74, 6) is -30.3. The fraction of sp³-hybridized carbons (Fsp3) is 1.00. The van der Waals surface area contributed by atoms with Crippen molar-refractivity contribution in [3.63, 3.8) is 0 Å². The molecule has 0 saturated heterocycles. The minimum atomic E-state index is -7.84. The summed E-state index contributed by atoms with van der Waals surface area (Å²) in [5.41, 5.74) is 0. The highest BCUT2D eigenvalue weighted by Crippen LogP contribution is 2.58. The normalized spacial score (nSPS) is 18.9. The lowest BCUT2D eigenvalue weighted by Crippen LogP contribution is -2.71. The zero-order valence-electron chi connectivity index (χ0n) is 8.43. The summed E-state index contributed by atoms with van der Waals surface area (Å²) in [6.07, 6.45) is -14.2. The molecule has 0 saturated carbocycles. The van der Waals surface area contributed by atoms with Crippen molar-refractivity contribution in [3.8, 4) is 0 Å². The van der Waals surface area contributed by atoms with Gasteiger partial charge in [0.2, 0.25) is 0 Å². The lowest BCUT2D eigenvalue weighted by molar-refractivity contribution is -0.476. The maximum Gasteiger partial charge on any atom is 0.460 e. The third-order valence-corrected chi connectivity index (χ3v) is 1.96. The fourth-order valence-electron chi connectivity index (χ4n) is 0.772. The van der Waals surface area contributed by atoms with Gasteiger partial charge in [-0.2, -0.15) is 52.7 Å². The molecule has 0 fully saturated rings. The van der Waals surface area contributed by atoms with Gasteiger partial charge in [-0.3, -0.25) is 0 Å². The van der Waals surface area contributed by atoms with E-state index in [-0.39, 0.29) is 0 Å². The first kappa shape index (κ1) is 19.1. The Hall–Kier alpha value is -0.920. The monoisotopic (exact) mass is 334 g/mol. The van der Waals surface area contributed by atoms with Crippen LogP contribution in [0.15, 0.2) is 0 Å². The van der Waals surface area contributed by atoms with Crippen LogP contribution in [0.3, 0.4) is 0 Å². The van der Waals surface area contributed by atoms with Crippen molar-refractivity contribution in [1.29, 1.82) is 0 Å². The first-order valence-electron chi connectivity index (χ1n) is 3.97. The molecule has 2 N–H and O–H groups in total. The van der Waals surface area contributed by atoms with E-state index in [0.717, 1.165) is 0 Å². The molecule has 14 heteroatoms. The molecule has 20 heavy (non-hydrogen) atoms. The molecule has 0 rings (SSSR count). The van der Waals surface area contributed by atoms with E-state index in [4.69, 9.17) is 10.2 Å². The molecule has 2 nitrogen and oxygen atoms in total. The number of hydrogen-bond acceptors (Lipinski definition) is 2. The van der Waals surface area contributed by atoms with E-state index >= 15 is 0 Å². The third-order valence-electron chi connectivity index (χ3n) is 1.96. The minimum Gasteiger partial charge on any atom is -0.350 e. The van der Waals surface area contributed by atoms with Gasteiger partial charge in [-0.15, -0.1) is 0 Å². The van der Waals surface area contributed by atoms with Gasteiger partial charge in [-0.05, 0) is 0 Å². The van der Waals surface area contributed by atoms with Crippen LogP contribution < -0.4 is 0 Å². The summed E-state index contributed by atoms with van der Waals surface area (Å²) in [6, 6.07) is 0. The third kappa shape index (κ3) is 2.27. The van der Waals surface area contributed by atoms with Crippen LogP contribution in [0.5, 0.6) is 0 Å². The highest BCUT2D eigenvalue weighted by atomic mass is 19.4. The molecule has 122 valence electrons. The Kier molecular flexibility index (Phi) is 4.09. The van der Waals surface area contributed by atoms with Crippen LogP contribution in [-0.2, 0) is 0 Å². The van der Waals surface area contributed by atoms with Crippen LogP contribution in [0.1, 0.15) is 0 Å². The standard InChI is InChI=1S/C6H2F12O2/c7-1(8,3(11,12)5(14,15)16)2(9,10)4(13,19)6(17,18)20/h19-20H. The molecule has 1 unspecified atom stereocenters. The Bertz CT molecular complexity index is 327. The Morgan fingerprint density at radius 1 is 0.450 bits per heavy atom. The molecule has 0 amide bonds. The van der Waals surface area contributed by atoms with Crippen molar-refractivity contribution in [2.45, 2.75) is 35.9 Å². The van der Waals surface area contributed by atoms with Crippen LogP contribution in [0, 0.1) is 0 Å². The van der Waals surface area contributed by atoms with Crippen LogP contribution in [0.4, 0.5) is 52.7 Å². The van der Waals surface area contributed by atoms with Gasteiger partial charge in [0.1, 0.15) is 0 Å². The van der Waals surface area contributed by atoms with E-state index in [1.807, 2.05) is 0 Å². The average Bonchev–Trinajstić information content (AvgIpc) is 2.12. The largest absolute Gasteiger partial charge is 0.460 e. The van der Waals surface area contributed by atoms with Crippen molar-refractivity contribution in [1.82, 2.24) is 0 Å². The number of halogens is 12. The summed E-state index contributed by atoms with van der Waals surface area (Å²) in [5, 5.41) is 15.2. The topological polar surface area (TPSA) is 40.5 Å². The van der Waals surface area contributed by atoms with Crippen molar-refractivity contribution < 1.29 is 62.9 Å². The highest BCUT2D eigenvalue weighted by Gasteiger charge is 2.90. The number of alkyl halides is 12. The molecule has 0 aromatic rings. The number of hydrogen-bond donors (Lipinski definition) is 2. The lowest BCUT2D eigenvalue weighted by atomic mass is 9.96. The molecule has 0 bridgehead atoms. The van der Waals surface area contributed by atoms with Crippen molar-refractivity contribution >= 4 is 0 Å². The minimum absolute atomic E-state index is 6.76. The zero-order chi connectivity index (χ0) is 17.0. The molecule has 0 aliphatic carbocycles. The van der Waals surface area contributed by atoms with Gasteiger partial charge in [0.25, 0.3) is 0 Å². The van der Waals surface area contributed by atoms with Gasteiger partial charge in [0, 0.05) is 0 Å². The van der Waals surface area contributed by atoms with Gasteiger partial charge >= 0.3 is 35.9 Å².